The van der Waals surface area contributed by atoms with Crippen LogP contribution in [0.25, 0.3) is 0 Å². The molecule has 2 aliphatic rings. The van der Waals surface area contributed by atoms with Crippen molar-refractivity contribution in [2.45, 2.75) is 31.8 Å². The molecule has 7 nitrogen and oxygen atoms in total. The SMILES string of the molecule is CNC(=O)c1ccc(CN2CCCC(C3(C)NC(=O)NC3=O)C2)cc1. The Morgan fingerprint density at radius 2 is 2.04 bits per heavy atom. The molecule has 134 valence electrons. The van der Waals surface area contributed by atoms with Crippen molar-refractivity contribution in [1.82, 2.24) is 20.9 Å². The normalized spacial score (nSPS) is 26.9. The number of likely N-dealkylation sites (tertiary alicyclic amines) is 1. The molecule has 0 saturated carbocycles. The minimum absolute atomic E-state index is 0.0813. The average molecular weight is 344 g/mol. The second-order valence-corrected chi connectivity index (χ2v) is 6.96. The molecule has 2 fully saturated rings. The van der Waals surface area contributed by atoms with E-state index in [-0.39, 0.29) is 17.7 Å². The van der Waals surface area contributed by atoms with Crippen molar-refractivity contribution in [3.63, 3.8) is 0 Å². The van der Waals surface area contributed by atoms with Crippen LogP contribution in [0.4, 0.5) is 4.79 Å². The van der Waals surface area contributed by atoms with E-state index in [1.807, 2.05) is 24.3 Å². The third-order valence-electron chi connectivity index (χ3n) is 5.24. The number of urea groups is 1. The number of hydrogen-bond acceptors (Lipinski definition) is 4. The summed E-state index contributed by atoms with van der Waals surface area (Å²) in [4.78, 5) is 37.6. The lowest BCUT2D eigenvalue weighted by Gasteiger charge is -2.39. The summed E-state index contributed by atoms with van der Waals surface area (Å²) in [5.74, 6) is -0.252. The van der Waals surface area contributed by atoms with Gasteiger partial charge in [-0.3, -0.25) is 19.8 Å². The van der Waals surface area contributed by atoms with Crippen molar-refractivity contribution in [2.75, 3.05) is 20.1 Å². The van der Waals surface area contributed by atoms with Crippen LogP contribution in [0.2, 0.25) is 0 Å². The molecule has 0 aliphatic carbocycles. The molecule has 7 heteroatoms. The number of carbonyl (C=O) groups excluding carboxylic acids is 3. The zero-order valence-electron chi connectivity index (χ0n) is 14.6. The molecule has 2 aliphatic heterocycles. The van der Waals surface area contributed by atoms with Gasteiger partial charge in [0.1, 0.15) is 5.54 Å². The van der Waals surface area contributed by atoms with Crippen LogP contribution in [0.3, 0.4) is 0 Å². The minimum atomic E-state index is -0.834. The Hall–Kier alpha value is -2.41. The van der Waals surface area contributed by atoms with E-state index in [1.54, 1.807) is 14.0 Å². The van der Waals surface area contributed by atoms with Gasteiger partial charge in [-0.15, -0.1) is 0 Å². The maximum atomic E-state index is 12.1. The number of benzene rings is 1. The van der Waals surface area contributed by atoms with E-state index in [0.717, 1.165) is 38.0 Å². The van der Waals surface area contributed by atoms with Gasteiger partial charge in [0.25, 0.3) is 11.8 Å². The van der Waals surface area contributed by atoms with Gasteiger partial charge in [0.15, 0.2) is 0 Å². The molecule has 3 N–H and O–H groups in total. The maximum absolute atomic E-state index is 12.1. The number of carbonyl (C=O) groups is 3. The molecular formula is C18H24N4O3. The van der Waals surface area contributed by atoms with Crippen LogP contribution in [-0.2, 0) is 11.3 Å². The average Bonchev–Trinajstić information content (AvgIpc) is 2.88. The van der Waals surface area contributed by atoms with Gasteiger partial charge >= 0.3 is 6.03 Å². The Kier molecular flexibility index (Phi) is 4.76. The Balaban J connectivity index is 1.65. The van der Waals surface area contributed by atoms with Gasteiger partial charge in [-0.05, 0) is 44.0 Å². The molecule has 2 heterocycles. The maximum Gasteiger partial charge on any atom is 0.322 e. The van der Waals surface area contributed by atoms with Crippen LogP contribution in [-0.4, -0.2) is 48.4 Å². The zero-order chi connectivity index (χ0) is 18.0. The monoisotopic (exact) mass is 344 g/mol. The predicted molar refractivity (Wildman–Crippen MR) is 92.9 cm³/mol. The van der Waals surface area contributed by atoms with Crippen LogP contribution in [0.1, 0.15) is 35.7 Å². The molecule has 0 radical (unpaired) electrons. The van der Waals surface area contributed by atoms with Crippen molar-refractivity contribution in [1.29, 1.82) is 0 Å². The second kappa shape index (κ2) is 6.84. The molecule has 0 bridgehead atoms. The fraction of sp³-hybridized carbons (Fsp3) is 0.500. The summed E-state index contributed by atoms with van der Waals surface area (Å²) in [6.45, 7) is 4.27. The van der Waals surface area contributed by atoms with Crippen LogP contribution < -0.4 is 16.0 Å². The van der Waals surface area contributed by atoms with Crippen molar-refractivity contribution >= 4 is 17.8 Å². The summed E-state index contributed by atoms with van der Waals surface area (Å²) in [6.07, 6.45) is 1.90. The number of amides is 4. The quantitative estimate of drug-likeness (QED) is 0.707. The van der Waals surface area contributed by atoms with Gasteiger partial charge < -0.3 is 10.6 Å². The lowest BCUT2D eigenvalue weighted by atomic mass is 9.80. The van der Waals surface area contributed by atoms with Crippen LogP contribution in [0.15, 0.2) is 24.3 Å². The summed E-state index contributed by atoms with van der Waals surface area (Å²) in [5.41, 5.74) is 0.928. The van der Waals surface area contributed by atoms with E-state index in [0.29, 0.717) is 5.56 Å². The first-order valence-electron chi connectivity index (χ1n) is 8.59. The molecule has 1 aromatic carbocycles. The fourth-order valence-electron chi connectivity index (χ4n) is 3.68. The van der Waals surface area contributed by atoms with Gasteiger partial charge in [-0.25, -0.2) is 4.79 Å². The number of hydrogen-bond donors (Lipinski definition) is 3. The lowest BCUT2D eigenvalue weighted by molar-refractivity contribution is -0.126. The summed E-state index contributed by atoms with van der Waals surface area (Å²) in [6, 6.07) is 7.15. The van der Waals surface area contributed by atoms with Crippen LogP contribution in [0.5, 0.6) is 0 Å². The Bertz CT molecular complexity index is 688. The van der Waals surface area contributed by atoms with E-state index in [1.165, 1.54) is 0 Å². The van der Waals surface area contributed by atoms with Gasteiger partial charge in [-0.2, -0.15) is 0 Å². The first-order chi connectivity index (χ1) is 11.9. The number of rotatable bonds is 4. The van der Waals surface area contributed by atoms with Crippen molar-refractivity contribution in [2.24, 2.45) is 5.92 Å². The van der Waals surface area contributed by atoms with Crippen molar-refractivity contribution in [3.05, 3.63) is 35.4 Å². The summed E-state index contributed by atoms with van der Waals surface area (Å²) in [5, 5.41) is 7.75. The molecule has 3 rings (SSSR count). The lowest BCUT2D eigenvalue weighted by Crippen LogP contribution is -2.55. The van der Waals surface area contributed by atoms with E-state index < -0.39 is 11.6 Å². The topological polar surface area (TPSA) is 90.5 Å². The molecule has 0 aromatic heterocycles. The number of imide groups is 1. The van der Waals surface area contributed by atoms with Crippen LogP contribution in [0, 0.1) is 5.92 Å². The van der Waals surface area contributed by atoms with Crippen molar-refractivity contribution < 1.29 is 14.4 Å². The summed E-state index contributed by atoms with van der Waals surface area (Å²) < 4.78 is 0. The summed E-state index contributed by atoms with van der Waals surface area (Å²) >= 11 is 0. The van der Waals surface area contributed by atoms with Gasteiger partial charge in [0.05, 0.1) is 0 Å². The Morgan fingerprint density at radius 1 is 1.32 bits per heavy atom. The smallest absolute Gasteiger partial charge is 0.322 e. The number of nitrogens with zero attached hydrogens (tertiary/aromatic N) is 1. The zero-order valence-corrected chi connectivity index (χ0v) is 14.6. The number of piperidine rings is 1. The van der Waals surface area contributed by atoms with E-state index in [9.17, 15) is 14.4 Å². The standard InChI is InChI=1S/C18H24N4O3/c1-18(16(24)20-17(25)21-18)14-4-3-9-22(11-14)10-12-5-7-13(8-6-12)15(23)19-2/h5-8,14H,3-4,9-11H2,1-2H3,(H,19,23)(H2,20,21,24,25). The first-order valence-corrected chi connectivity index (χ1v) is 8.59. The van der Waals surface area contributed by atoms with E-state index >= 15 is 0 Å². The molecule has 2 unspecified atom stereocenters. The molecular weight excluding hydrogens is 320 g/mol. The Morgan fingerprint density at radius 3 is 2.64 bits per heavy atom. The highest BCUT2D eigenvalue weighted by Crippen LogP contribution is 2.30. The van der Waals surface area contributed by atoms with Crippen LogP contribution >= 0.6 is 0 Å². The molecule has 0 spiro atoms. The highest BCUT2D eigenvalue weighted by Gasteiger charge is 2.48. The van der Waals surface area contributed by atoms with E-state index in [4.69, 9.17) is 0 Å². The molecule has 2 saturated heterocycles. The summed E-state index contributed by atoms with van der Waals surface area (Å²) in [7, 11) is 1.61. The van der Waals surface area contributed by atoms with Gasteiger partial charge in [0.2, 0.25) is 0 Å². The minimum Gasteiger partial charge on any atom is -0.355 e. The van der Waals surface area contributed by atoms with Gasteiger partial charge in [-0.1, -0.05) is 12.1 Å². The van der Waals surface area contributed by atoms with Gasteiger partial charge in [0, 0.05) is 31.6 Å². The predicted octanol–water partition coefficient (Wildman–Crippen LogP) is 0.856. The molecule has 1 aromatic rings. The highest BCUT2D eigenvalue weighted by atomic mass is 16.2. The van der Waals surface area contributed by atoms with E-state index in [2.05, 4.69) is 20.9 Å². The van der Waals surface area contributed by atoms with Crippen molar-refractivity contribution in [3.8, 4) is 0 Å². The molecule has 25 heavy (non-hydrogen) atoms. The molecule has 4 amide bonds. The number of nitrogens with one attached hydrogen (secondary N) is 3. The second-order valence-electron chi connectivity index (χ2n) is 6.96. The third kappa shape index (κ3) is 3.51. The highest BCUT2D eigenvalue weighted by molar-refractivity contribution is 6.07. The Labute approximate surface area is 147 Å². The third-order valence-corrected chi connectivity index (χ3v) is 5.24. The first kappa shape index (κ1) is 17.4. The largest absolute Gasteiger partial charge is 0.355 e. The molecule has 2 atom stereocenters. The fourth-order valence-corrected chi connectivity index (χ4v) is 3.68.